The first-order chi connectivity index (χ1) is 10.7. The van der Waals surface area contributed by atoms with Crippen LogP contribution in [0.3, 0.4) is 0 Å². The molecule has 0 spiro atoms. The van der Waals surface area contributed by atoms with E-state index in [1.165, 1.54) is 6.07 Å². The highest BCUT2D eigenvalue weighted by molar-refractivity contribution is 5.93. The van der Waals surface area contributed by atoms with Crippen LogP contribution in [-0.2, 0) is 6.54 Å². The molecule has 0 saturated carbocycles. The number of halogens is 1. The molecule has 0 aliphatic rings. The number of nitriles is 1. The van der Waals surface area contributed by atoms with Crippen molar-refractivity contribution in [2.75, 3.05) is 5.32 Å². The van der Waals surface area contributed by atoms with Crippen LogP contribution in [0.5, 0.6) is 0 Å². The van der Waals surface area contributed by atoms with Gasteiger partial charge in [0.15, 0.2) is 5.69 Å². The maximum atomic E-state index is 13.7. The van der Waals surface area contributed by atoms with Gasteiger partial charge in [0.05, 0.1) is 11.2 Å². The van der Waals surface area contributed by atoms with Crippen molar-refractivity contribution in [3.8, 4) is 6.07 Å². The van der Waals surface area contributed by atoms with Gasteiger partial charge < -0.3 is 5.32 Å². The SMILES string of the molecule is Cc1ccc2nnc(C#N)c(NCc3ccccc3F)c2c1. The molecule has 0 radical (unpaired) electrons. The van der Waals surface area contributed by atoms with E-state index in [0.29, 0.717) is 16.8 Å². The number of aryl methyl sites for hydroxylation is 1. The van der Waals surface area contributed by atoms with E-state index in [2.05, 4.69) is 15.5 Å². The van der Waals surface area contributed by atoms with Crippen LogP contribution >= 0.6 is 0 Å². The third-order valence-electron chi connectivity index (χ3n) is 3.44. The molecule has 1 heterocycles. The number of benzene rings is 2. The average Bonchev–Trinajstić information content (AvgIpc) is 2.53. The summed E-state index contributed by atoms with van der Waals surface area (Å²) in [4.78, 5) is 0. The van der Waals surface area contributed by atoms with Crippen LogP contribution in [0.1, 0.15) is 16.8 Å². The Balaban J connectivity index is 2.03. The minimum absolute atomic E-state index is 0.203. The fourth-order valence-electron chi connectivity index (χ4n) is 2.30. The van der Waals surface area contributed by atoms with Crippen LogP contribution in [0.25, 0.3) is 10.9 Å². The zero-order valence-corrected chi connectivity index (χ0v) is 12.0. The molecule has 22 heavy (non-hydrogen) atoms. The number of aromatic nitrogens is 2. The Kier molecular flexibility index (Phi) is 3.67. The summed E-state index contributed by atoms with van der Waals surface area (Å²) in [5, 5.41) is 21.1. The normalized spacial score (nSPS) is 10.4. The molecule has 0 unspecified atom stereocenters. The van der Waals surface area contributed by atoms with Gasteiger partial charge in [-0.15, -0.1) is 10.2 Å². The van der Waals surface area contributed by atoms with Gasteiger partial charge in [0.1, 0.15) is 11.9 Å². The van der Waals surface area contributed by atoms with Crippen molar-refractivity contribution in [2.24, 2.45) is 0 Å². The predicted molar refractivity (Wildman–Crippen MR) is 82.7 cm³/mol. The zero-order chi connectivity index (χ0) is 15.5. The fourth-order valence-corrected chi connectivity index (χ4v) is 2.30. The Morgan fingerprint density at radius 1 is 1.18 bits per heavy atom. The number of hydrogen-bond acceptors (Lipinski definition) is 4. The van der Waals surface area contributed by atoms with E-state index < -0.39 is 0 Å². The van der Waals surface area contributed by atoms with Gasteiger partial charge in [-0.1, -0.05) is 29.8 Å². The Bertz CT molecular complexity index is 883. The molecule has 3 aromatic rings. The average molecular weight is 292 g/mol. The Morgan fingerprint density at radius 3 is 2.77 bits per heavy atom. The second-order valence-corrected chi connectivity index (χ2v) is 5.00. The summed E-state index contributed by atoms with van der Waals surface area (Å²) in [6.45, 7) is 2.24. The Hall–Kier alpha value is -3.00. The molecule has 0 amide bonds. The van der Waals surface area contributed by atoms with Gasteiger partial charge in [0.2, 0.25) is 0 Å². The minimum Gasteiger partial charge on any atom is -0.378 e. The second kappa shape index (κ2) is 5.78. The zero-order valence-electron chi connectivity index (χ0n) is 12.0. The summed E-state index contributed by atoms with van der Waals surface area (Å²) in [7, 11) is 0. The van der Waals surface area contributed by atoms with Crippen LogP contribution in [0.2, 0.25) is 0 Å². The van der Waals surface area contributed by atoms with Gasteiger partial charge >= 0.3 is 0 Å². The summed E-state index contributed by atoms with van der Waals surface area (Å²) in [5.74, 6) is -0.281. The van der Waals surface area contributed by atoms with E-state index in [4.69, 9.17) is 0 Å². The largest absolute Gasteiger partial charge is 0.378 e. The number of nitrogens with one attached hydrogen (secondary N) is 1. The lowest BCUT2D eigenvalue weighted by Gasteiger charge is -2.11. The van der Waals surface area contributed by atoms with E-state index in [1.807, 2.05) is 31.2 Å². The van der Waals surface area contributed by atoms with Crippen LogP contribution < -0.4 is 5.32 Å². The summed E-state index contributed by atoms with van der Waals surface area (Å²) in [5.41, 5.74) is 3.07. The van der Waals surface area contributed by atoms with Gasteiger partial charge in [-0.25, -0.2) is 4.39 Å². The molecule has 0 aliphatic carbocycles. The van der Waals surface area contributed by atoms with E-state index in [0.717, 1.165) is 10.9 Å². The van der Waals surface area contributed by atoms with Crippen molar-refractivity contribution in [1.82, 2.24) is 10.2 Å². The minimum atomic E-state index is -0.281. The van der Waals surface area contributed by atoms with E-state index >= 15 is 0 Å². The molecule has 3 rings (SSSR count). The van der Waals surface area contributed by atoms with Crippen LogP contribution in [0.15, 0.2) is 42.5 Å². The third kappa shape index (κ3) is 2.59. The molecule has 108 valence electrons. The molecule has 0 atom stereocenters. The van der Waals surface area contributed by atoms with E-state index in [-0.39, 0.29) is 18.1 Å². The molecule has 4 nitrogen and oxygen atoms in total. The molecular formula is C17H13FN4. The molecule has 2 aromatic carbocycles. The lowest BCUT2D eigenvalue weighted by atomic mass is 10.1. The highest BCUT2D eigenvalue weighted by atomic mass is 19.1. The van der Waals surface area contributed by atoms with Crippen molar-refractivity contribution in [3.05, 3.63) is 65.1 Å². The summed E-state index contributed by atoms with van der Waals surface area (Å²) in [6, 6.07) is 14.3. The smallest absolute Gasteiger partial charge is 0.186 e. The van der Waals surface area contributed by atoms with Gasteiger partial charge in [-0.05, 0) is 25.1 Å². The van der Waals surface area contributed by atoms with Crippen molar-refractivity contribution >= 4 is 16.6 Å². The van der Waals surface area contributed by atoms with Gasteiger partial charge in [-0.2, -0.15) is 5.26 Å². The van der Waals surface area contributed by atoms with Crippen molar-refractivity contribution in [3.63, 3.8) is 0 Å². The first-order valence-corrected chi connectivity index (χ1v) is 6.83. The van der Waals surface area contributed by atoms with Gasteiger partial charge in [0.25, 0.3) is 0 Å². The van der Waals surface area contributed by atoms with E-state index in [9.17, 15) is 9.65 Å². The third-order valence-corrected chi connectivity index (χ3v) is 3.44. The first kappa shape index (κ1) is 14.0. The van der Waals surface area contributed by atoms with E-state index in [1.54, 1.807) is 18.2 Å². The number of anilines is 1. The molecule has 1 N–H and O–H groups in total. The van der Waals surface area contributed by atoms with Crippen molar-refractivity contribution in [1.29, 1.82) is 5.26 Å². The van der Waals surface area contributed by atoms with Crippen molar-refractivity contribution in [2.45, 2.75) is 13.5 Å². The molecule has 5 heteroatoms. The Labute approximate surface area is 127 Å². The molecule has 0 fully saturated rings. The highest BCUT2D eigenvalue weighted by Crippen LogP contribution is 2.25. The number of rotatable bonds is 3. The van der Waals surface area contributed by atoms with Crippen LogP contribution in [0, 0.1) is 24.1 Å². The molecule has 0 saturated heterocycles. The van der Waals surface area contributed by atoms with Gasteiger partial charge in [-0.3, -0.25) is 0 Å². The molecule has 1 aromatic heterocycles. The fraction of sp³-hybridized carbons (Fsp3) is 0.118. The monoisotopic (exact) mass is 292 g/mol. The van der Waals surface area contributed by atoms with Gasteiger partial charge in [0, 0.05) is 17.5 Å². The second-order valence-electron chi connectivity index (χ2n) is 5.00. The molecule has 0 aliphatic heterocycles. The number of hydrogen-bond donors (Lipinski definition) is 1. The maximum Gasteiger partial charge on any atom is 0.186 e. The topological polar surface area (TPSA) is 61.6 Å². The lowest BCUT2D eigenvalue weighted by Crippen LogP contribution is -2.06. The predicted octanol–water partition coefficient (Wildman–Crippen LogP) is 3.56. The van der Waals surface area contributed by atoms with Crippen LogP contribution in [0.4, 0.5) is 10.1 Å². The maximum absolute atomic E-state index is 13.7. The quantitative estimate of drug-likeness (QED) is 0.801. The standard InChI is InChI=1S/C17H13FN4/c1-11-6-7-15-13(8-11)17(16(9-19)22-21-15)20-10-12-4-2-3-5-14(12)18/h2-8H,10H2,1H3,(H,20,21). The van der Waals surface area contributed by atoms with Crippen molar-refractivity contribution < 1.29 is 4.39 Å². The highest BCUT2D eigenvalue weighted by Gasteiger charge is 2.11. The summed E-state index contributed by atoms with van der Waals surface area (Å²) < 4.78 is 13.7. The van der Waals surface area contributed by atoms with Crippen LogP contribution in [-0.4, -0.2) is 10.2 Å². The number of nitrogens with zero attached hydrogens (tertiary/aromatic N) is 3. The first-order valence-electron chi connectivity index (χ1n) is 6.83. The lowest BCUT2D eigenvalue weighted by molar-refractivity contribution is 0.613. The Morgan fingerprint density at radius 2 is 2.00 bits per heavy atom. The molecular weight excluding hydrogens is 279 g/mol. The summed E-state index contributed by atoms with van der Waals surface area (Å²) >= 11 is 0. The summed E-state index contributed by atoms with van der Waals surface area (Å²) in [6.07, 6.45) is 0. The molecule has 0 bridgehead atoms. The number of fused-ring (bicyclic) bond motifs is 1.